The third-order valence-corrected chi connectivity index (χ3v) is 6.39. The quantitative estimate of drug-likeness (QED) is 0.844. The number of hydrogen-bond acceptors (Lipinski definition) is 3. The van der Waals surface area contributed by atoms with Gasteiger partial charge >= 0.3 is 0 Å². The Morgan fingerprint density at radius 3 is 2.70 bits per heavy atom. The Kier molecular flexibility index (Phi) is 4.55. The fourth-order valence-corrected chi connectivity index (χ4v) is 4.31. The van der Waals surface area contributed by atoms with Gasteiger partial charge in [0.25, 0.3) is 0 Å². The molecule has 0 bridgehead atoms. The van der Waals surface area contributed by atoms with Crippen LogP contribution < -0.4 is 0 Å². The van der Waals surface area contributed by atoms with Crippen LogP contribution in [0.4, 0.5) is 0 Å². The first kappa shape index (κ1) is 16.2. The predicted octanol–water partition coefficient (Wildman–Crippen LogP) is 2.38. The molecule has 6 heteroatoms. The summed E-state index contributed by atoms with van der Waals surface area (Å²) in [6, 6.07) is 10.3. The molecule has 0 amide bonds. The van der Waals surface area contributed by atoms with E-state index in [-0.39, 0.29) is 11.7 Å². The molecule has 0 spiro atoms. The van der Waals surface area contributed by atoms with Gasteiger partial charge in [-0.15, -0.1) is 0 Å². The van der Waals surface area contributed by atoms with Gasteiger partial charge in [-0.1, -0.05) is 30.3 Å². The van der Waals surface area contributed by atoms with Crippen LogP contribution >= 0.6 is 0 Å². The second-order valence-electron chi connectivity index (χ2n) is 6.07. The van der Waals surface area contributed by atoms with Crippen molar-refractivity contribution in [2.45, 2.75) is 32.7 Å². The molecule has 1 saturated heterocycles. The molecule has 5 nitrogen and oxygen atoms in total. The van der Waals surface area contributed by atoms with Crippen molar-refractivity contribution in [3.8, 4) is 0 Å². The predicted molar refractivity (Wildman–Crippen MR) is 90.9 cm³/mol. The van der Waals surface area contributed by atoms with Gasteiger partial charge in [0.05, 0.1) is 5.75 Å². The number of aromatic nitrogens is 2. The fourth-order valence-electron chi connectivity index (χ4n) is 3.15. The van der Waals surface area contributed by atoms with Crippen LogP contribution in [-0.2, 0) is 16.6 Å². The average molecular weight is 333 g/mol. The second-order valence-corrected chi connectivity index (χ2v) is 8.33. The zero-order valence-electron chi connectivity index (χ0n) is 13.6. The summed E-state index contributed by atoms with van der Waals surface area (Å²) in [7, 11) is -3.11. The molecular formula is C17H23N3O2S. The summed E-state index contributed by atoms with van der Waals surface area (Å²) in [6.45, 7) is 5.66. The van der Waals surface area contributed by atoms with Crippen molar-refractivity contribution in [2.24, 2.45) is 0 Å². The van der Waals surface area contributed by atoms with Crippen molar-refractivity contribution in [3.05, 3.63) is 53.6 Å². The fraction of sp³-hybridized carbons (Fsp3) is 0.471. The van der Waals surface area contributed by atoms with Crippen molar-refractivity contribution in [2.75, 3.05) is 18.8 Å². The minimum atomic E-state index is -3.11. The number of benzene rings is 1. The van der Waals surface area contributed by atoms with Crippen LogP contribution in [0.15, 0.2) is 36.5 Å². The van der Waals surface area contributed by atoms with Crippen molar-refractivity contribution in [1.82, 2.24) is 13.9 Å². The van der Waals surface area contributed by atoms with Gasteiger partial charge < -0.3 is 4.57 Å². The minimum absolute atomic E-state index is 0.164. The van der Waals surface area contributed by atoms with E-state index >= 15 is 0 Å². The van der Waals surface area contributed by atoms with Gasteiger partial charge in [0.15, 0.2) is 0 Å². The third-order valence-electron chi connectivity index (χ3n) is 4.54. The van der Waals surface area contributed by atoms with E-state index in [1.165, 1.54) is 5.56 Å². The van der Waals surface area contributed by atoms with Crippen LogP contribution in [0.5, 0.6) is 0 Å². The van der Waals surface area contributed by atoms with E-state index in [0.717, 1.165) is 24.5 Å². The lowest BCUT2D eigenvalue weighted by Crippen LogP contribution is -2.30. The molecule has 0 saturated carbocycles. The first-order valence-corrected chi connectivity index (χ1v) is 9.66. The van der Waals surface area contributed by atoms with E-state index in [1.807, 2.05) is 24.4 Å². The first-order valence-electron chi connectivity index (χ1n) is 8.05. The summed E-state index contributed by atoms with van der Waals surface area (Å²) < 4.78 is 27.9. The molecule has 1 atom stereocenters. The lowest BCUT2D eigenvalue weighted by Gasteiger charge is -2.17. The molecule has 0 N–H and O–H groups in total. The maximum atomic E-state index is 12.1. The molecule has 3 rings (SSSR count). The normalized spacial score (nSPS) is 19.3. The van der Waals surface area contributed by atoms with Crippen LogP contribution in [0.2, 0.25) is 0 Å². The van der Waals surface area contributed by atoms with Gasteiger partial charge in [-0.2, -0.15) is 0 Å². The van der Waals surface area contributed by atoms with Gasteiger partial charge in [0, 0.05) is 37.4 Å². The second kappa shape index (κ2) is 6.45. The standard InChI is InChI=1S/C17H23N3O2S/c1-3-23(21,22)19-10-9-16(13-19)17-18-11-14(2)20(17)12-15-7-5-4-6-8-15/h4-8,11,16H,3,9-10,12-13H2,1-2H3/t16-/m0/s1. The van der Waals surface area contributed by atoms with Crippen LogP contribution in [0, 0.1) is 6.92 Å². The van der Waals surface area contributed by atoms with Crippen molar-refractivity contribution < 1.29 is 8.42 Å². The highest BCUT2D eigenvalue weighted by Gasteiger charge is 2.33. The number of hydrogen-bond donors (Lipinski definition) is 0. The van der Waals surface area contributed by atoms with Crippen molar-refractivity contribution >= 4 is 10.0 Å². The summed E-state index contributed by atoms with van der Waals surface area (Å²) >= 11 is 0. The van der Waals surface area contributed by atoms with E-state index in [1.54, 1.807) is 11.2 Å². The topological polar surface area (TPSA) is 55.2 Å². The van der Waals surface area contributed by atoms with Crippen molar-refractivity contribution in [3.63, 3.8) is 0 Å². The molecule has 0 unspecified atom stereocenters. The lowest BCUT2D eigenvalue weighted by molar-refractivity contribution is 0.470. The number of sulfonamides is 1. The summed E-state index contributed by atoms with van der Waals surface area (Å²) in [5, 5.41) is 0. The number of aryl methyl sites for hydroxylation is 1. The van der Waals surface area contributed by atoms with Crippen LogP contribution in [-0.4, -0.2) is 41.1 Å². The Labute approximate surface area is 138 Å². The van der Waals surface area contributed by atoms with Gasteiger partial charge in [-0.3, -0.25) is 0 Å². The molecular weight excluding hydrogens is 310 g/mol. The SMILES string of the molecule is CCS(=O)(=O)N1CC[C@H](c2ncc(C)n2Cc2ccccc2)C1. The van der Waals surface area contributed by atoms with Gasteiger partial charge in [0.1, 0.15) is 5.82 Å². The molecule has 2 heterocycles. The molecule has 0 aliphatic carbocycles. The monoisotopic (exact) mass is 333 g/mol. The van der Waals surface area contributed by atoms with Gasteiger partial charge in [0.2, 0.25) is 10.0 Å². The third kappa shape index (κ3) is 3.33. The van der Waals surface area contributed by atoms with E-state index in [2.05, 4.69) is 28.6 Å². The zero-order valence-corrected chi connectivity index (χ0v) is 14.5. The van der Waals surface area contributed by atoms with E-state index in [4.69, 9.17) is 0 Å². The van der Waals surface area contributed by atoms with Crippen LogP contribution in [0.25, 0.3) is 0 Å². The number of imidazole rings is 1. The van der Waals surface area contributed by atoms with Gasteiger partial charge in [-0.25, -0.2) is 17.7 Å². The first-order chi connectivity index (χ1) is 11.0. The van der Waals surface area contributed by atoms with E-state index in [9.17, 15) is 8.42 Å². The molecule has 1 aromatic heterocycles. The lowest BCUT2D eigenvalue weighted by atomic mass is 10.1. The largest absolute Gasteiger partial charge is 0.328 e. The number of nitrogens with zero attached hydrogens (tertiary/aromatic N) is 3. The van der Waals surface area contributed by atoms with E-state index < -0.39 is 10.0 Å². The number of rotatable bonds is 5. The summed E-state index contributed by atoms with van der Waals surface area (Å²) in [6.07, 6.45) is 2.72. The minimum Gasteiger partial charge on any atom is -0.328 e. The Hall–Kier alpha value is -1.66. The molecule has 1 aliphatic heterocycles. The van der Waals surface area contributed by atoms with Crippen LogP contribution in [0.3, 0.4) is 0 Å². The summed E-state index contributed by atoms with van der Waals surface area (Å²) in [4.78, 5) is 4.58. The highest BCUT2D eigenvalue weighted by Crippen LogP contribution is 2.29. The maximum Gasteiger partial charge on any atom is 0.213 e. The average Bonchev–Trinajstić information content (AvgIpc) is 3.17. The highest BCUT2D eigenvalue weighted by molar-refractivity contribution is 7.89. The molecule has 1 aromatic carbocycles. The Bertz CT molecular complexity index is 768. The van der Waals surface area contributed by atoms with E-state index in [0.29, 0.717) is 13.1 Å². The van der Waals surface area contributed by atoms with Crippen LogP contribution in [0.1, 0.15) is 36.3 Å². The maximum absolute atomic E-state index is 12.1. The zero-order chi connectivity index (χ0) is 16.4. The molecule has 0 radical (unpaired) electrons. The Morgan fingerprint density at radius 2 is 2.00 bits per heavy atom. The summed E-state index contributed by atoms with van der Waals surface area (Å²) in [5.41, 5.74) is 2.34. The molecule has 23 heavy (non-hydrogen) atoms. The Morgan fingerprint density at radius 1 is 1.26 bits per heavy atom. The molecule has 1 fully saturated rings. The van der Waals surface area contributed by atoms with Crippen molar-refractivity contribution in [1.29, 1.82) is 0 Å². The molecule has 124 valence electrons. The van der Waals surface area contributed by atoms with Gasteiger partial charge in [-0.05, 0) is 25.8 Å². The highest BCUT2D eigenvalue weighted by atomic mass is 32.2. The Balaban J connectivity index is 1.82. The smallest absolute Gasteiger partial charge is 0.213 e. The summed E-state index contributed by atoms with van der Waals surface area (Å²) in [5.74, 6) is 1.34. The molecule has 2 aromatic rings. The molecule has 1 aliphatic rings.